The number of aliphatic hydroxyl groups is 1. The molecule has 0 radical (unpaired) electrons. The third kappa shape index (κ3) is 7.85. The molecule has 0 aromatic carbocycles. The van der Waals surface area contributed by atoms with Gasteiger partial charge in [-0.1, -0.05) is 33.1 Å². The molecule has 7 heteroatoms. The van der Waals surface area contributed by atoms with Gasteiger partial charge < -0.3 is 25.2 Å². The average Bonchev–Trinajstić information content (AvgIpc) is 2.71. The van der Waals surface area contributed by atoms with E-state index < -0.39 is 6.10 Å². The van der Waals surface area contributed by atoms with Gasteiger partial charge in [0.25, 0.3) is 0 Å². The van der Waals surface area contributed by atoms with Crippen LogP contribution in [0.5, 0.6) is 0 Å². The lowest BCUT2D eigenvalue weighted by molar-refractivity contribution is -0.0333. The van der Waals surface area contributed by atoms with Crippen LogP contribution in [0.2, 0.25) is 0 Å². The van der Waals surface area contributed by atoms with Crippen molar-refractivity contribution in [3.63, 3.8) is 0 Å². The molecule has 2 fully saturated rings. The zero-order valence-corrected chi connectivity index (χ0v) is 18.2. The summed E-state index contributed by atoms with van der Waals surface area (Å²) in [6.07, 6.45) is 5.77. The van der Waals surface area contributed by atoms with Gasteiger partial charge >= 0.3 is 0 Å². The van der Waals surface area contributed by atoms with Gasteiger partial charge in [0.15, 0.2) is 5.96 Å². The summed E-state index contributed by atoms with van der Waals surface area (Å²) < 4.78 is 11.1. The fraction of sp³-hybridized carbons (Fsp3) is 0.952. The quantitative estimate of drug-likeness (QED) is 0.383. The Labute approximate surface area is 171 Å². The summed E-state index contributed by atoms with van der Waals surface area (Å²) in [4.78, 5) is 7.53. The molecule has 1 saturated carbocycles. The molecule has 1 aliphatic carbocycles. The number of aliphatic imine (C=N–C) groups is 1. The van der Waals surface area contributed by atoms with Crippen molar-refractivity contribution in [2.75, 3.05) is 59.2 Å². The van der Waals surface area contributed by atoms with Crippen LogP contribution in [0.3, 0.4) is 0 Å². The maximum absolute atomic E-state index is 10.2. The highest BCUT2D eigenvalue weighted by atomic mass is 16.5. The van der Waals surface area contributed by atoms with Crippen molar-refractivity contribution in [3.8, 4) is 0 Å². The maximum atomic E-state index is 10.2. The van der Waals surface area contributed by atoms with Crippen LogP contribution < -0.4 is 10.6 Å². The first-order valence-electron chi connectivity index (χ1n) is 11.2. The first-order valence-corrected chi connectivity index (χ1v) is 11.2. The van der Waals surface area contributed by atoms with Crippen molar-refractivity contribution in [1.82, 2.24) is 15.5 Å². The van der Waals surface area contributed by atoms with E-state index in [0.29, 0.717) is 25.7 Å². The fourth-order valence-electron chi connectivity index (χ4n) is 4.10. The Bertz CT molecular complexity index is 447. The molecule has 7 nitrogen and oxygen atoms in total. The normalized spacial score (nSPS) is 22.2. The second-order valence-corrected chi connectivity index (χ2v) is 8.55. The van der Waals surface area contributed by atoms with Crippen molar-refractivity contribution in [2.45, 2.75) is 64.5 Å². The van der Waals surface area contributed by atoms with E-state index in [-0.39, 0.29) is 5.54 Å². The number of ether oxygens (including phenoxy) is 2. The topological polar surface area (TPSA) is 78.4 Å². The molecule has 1 aliphatic heterocycles. The highest BCUT2D eigenvalue weighted by Gasteiger charge is 2.38. The molecule has 0 spiro atoms. The Balaban J connectivity index is 1.90. The number of morpholine rings is 1. The molecule has 1 unspecified atom stereocenters. The number of aliphatic hydroxyl groups excluding tert-OH is 1. The van der Waals surface area contributed by atoms with Gasteiger partial charge in [-0.2, -0.15) is 0 Å². The lowest BCUT2D eigenvalue weighted by Gasteiger charge is -2.47. The summed E-state index contributed by atoms with van der Waals surface area (Å²) in [6, 6.07) is 0. The summed E-state index contributed by atoms with van der Waals surface area (Å²) >= 11 is 0. The molecule has 164 valence electrons. The molecular weight excluding hydrogens is 356 g/mol. The van der Waals surface area contributed by atoms with E-state index >= 15 is 0 Å². The third-order valence-corrected chi connectivity index (χ3v) is 5.61. The van der Waals surface area contributed by atoms with Crippen molar-refractivity contribution >= 4 is 5.96 Å². The Hall–Kier alpha value is -0.890. The van der Waals surface area contributed by atoms with Gasteiger partial charge in [0.05, 0.1) is 32.5 Å². The minimum Gasteiger partial charge on any atom is -0.389 e. The number of rotatable bonds is 10. The number of nitrogens with one attached hydrogen (secondary N) is 2. The summed E-state index contributed by atoms with van der Waals surface area (Å²) in [7, 11) is 0. The monoisotopic (exact) mass is 398 g/mol. The van der Waals surface area contributed by atoms with Crippen LogP contribution in [0.25, 0.3) is 0 Å². The Morgan fingerprint density at radius 3 is 2.50 bits per heavy atom. The van der Waals surface area contributed by atoms with Gasteiger partial charge in [-0.25, -0.2) is 0 Å². The van der Waals surface area contributed by atoms with Gasteiger partial charge in [-0.3, -0.25) is 9.89 Å². The van der Waals surface area contributed by atoms with E-state index in [9.17, 15) is 5.11 Å². The van der Waals surface area contributed by atoms with Crippen molar-refractivity contribution in [1.29, 1.82) is 0 Å². The summed E-state index contributed by atoms with van der Waals surface area (Å²) in [5.41, 5.74) is 0.156. The molecule has 1 heterocycles. The second kappa shape index (κ2) is 12.6. The van der Waals surface area contributed by atoms with E-state index in [1.807, 2.05) is 0 Å². The van der Waals surface area contributed by atoms with E-state index in [4.69, 9.17) is 14.5 Å². The largest absolute Gasteiger partial charge is 0.389 e. The highest BCUT2D eigenvalue weighted by molar-refractivity contribution is 5.79. The molecule has 28 heavy (non-hydrogen) atoms. The van der Waals surface area contributed by atoms with Crippen LogP contribution in [0.4, 0.5) is 0 Å². The lowest BCUT2D eigenvalue weighted by atomic mass is 9.80. The minimum absolute atomic E-state index is 0.156. The molecule has 0 aromatic rings. The molecule has 2 aliphatic rings. The van der Waals surface area contributed by atoms with Gasteiger partial charge in [-0.15, -0.1) is 0 Å². The van der Waals surface area contributed by atoms with Crippen molar-refractivity contribution in [2.24, 2.45) is 10.9 Å². The molecule has 2 rings (SSSR count). The smallest absolute Gasteiger partial charge is 0.191 e. The van der Waals surface area contributed by atoms with Crippen molar-refractivity contribution in [3.05, 3.63) is 0 Å². The number of guanidine groups is 1. The summed E-state index contributed by atoms with van der Waals surface area (Å²) in [5, 5.41) is 16.8. The van der Waals surface area contributed by atoms with E-state index in [1.54, 1.807) is 0 Å². The van der Waals surface area contributed by atoms with Crippen LogP contribution in [0, 0.1) is 5.92 Å². The Kier molecular flexibility index (Phi) is 10.5. The van der Waals surface area contributed by atoms with Gasteiger partial charge in [0, 0.05) is 38.3 Å². The SMILES string of the molecule is CCNC(=NCC1(N2CCOCC2)CCCCC1)NCC(O)COCC(C)C. The van der Waals surface area contributed by atoms with Crippen LogP contribution in [-0.4, -0.2) is 86.8 Å². The van der Waals surface area contributed by atoms with E-state index in [2.05, 4.69) is 36.3 Å². The molecule has 0 bridgehead atoms. The molecular formula is C21H42N4O3. The molecule has 0 aromatic heterocycles. The number of nitrogens with zero attached hydrogens (tertiary/aromatic N) is 2. The van der Waals surface area contributed by atoms with Crippen LogP contribution in [-0.2, 0) is 9.47 Å². The Morgan fingerprint density at radius 1 is 1.14 bits per heavy atom. The second-order valence-electron chi connectivity index (χ2n) is 8.55. The first-order chi connectivity index (χ1) is 13.6. The number of hydrogen-bond acceptors (Lipinski definition) is 5. The highest BCUT2D eigenvalue weighted by Crippen LogP contribution is 2.34. The van der Waals surface area contributed by atoms with E-state index in [0.717, 1.165) is 45.4 Å². The minimum atomic E-state index is -0.537. The molecule has 1 atom stereocenters. The molecule has 0 amide bonds. The average molecular weight is 399 g/mol. The molecule has 1 saturated heterocycles. The van der Waals surface area contributed by atoms with Crippen LogP contribution in [0.1, 0.15) is 52.9 Å². The standard InChI is InChI=1S/C21H42N4O3/c1-4-22-20(23-14-19(26)16-28-15-18(2)3)24-17-21(8-6-5-7-9-21)25-10-12-27-13-11-25/h18-19,26H,4-17H2,1-3H3,(H2,22,23,24). The molecule has 3 N–H and O–H groups in total. The van der Waals surface area contributed by atoms with E-state index in [1.165, 1.54) is 32.1 Å². The fourth-order valence-corrected chi connectivity index (χ4v) is 4.10. The van der Waals surface area contributed by atoms with Gasteiger partial charge in [-0.05, 0) is 25.7 Å². The zero-order chi connectivity index (χ0) is 20.2. The van der Waals surface area contributed by atoms with Gasteiger partial charge in [0.2, 0.25) is 0 Å². The predicted octanol–water partition coefficient (Wildman–Crippen LogP) is 1.61. The van der Waals surface area contributed by atoms with Gasteiger partial charge in [0.1, 0.15) is 0 Å². The van der Waals surface area contributed by atoms with Crippen LogP contribution >= 0.6 is 0 Å². The predicted molar refractivity (Wildman–Crippen MR) is 114 cm³/mol. The lowest BCUT2D eigenvalue weighted by Crippen LogP contribution is -2.56. The number of hydrogen-bond donors (Lipinski definition) is 3. The Morgan fingerprint density at radius 2 is 1.86 bits per heavy atom. The summed E-state index contributed by atoms with van der Waals surface area (Å²) in [6.45, 7) is 13.0. The zero-order valence-electron chi connectivity index (χ0n) is 18.2. The third-order valence-electron chi connectivity index (χ3n) is 5.61. The summed E-state index contributed by atoms with van der Waals surface area (Å²) in [5.74, 6) is 1.26. The maximum Gasteiger partial charge on any atom is 0.191 e. The first kappa shape index (κ1) is 23.4. The van der Waals surface area contributed by atoms with Crippen LogP contribution in [0.15, 0.2) is 4.99 Å². The van der Waals surface area contributed by atoms with Crippen molar-refractivity contribution < 1.29 is 14.6 Å².